The second kappa shape index (κ2) is 6.40. The van der Waals surface area contributed by atoms with Crippen molar-refractivity contribution in [2.45, 2.75) is 31.9 Å². The maximum Gasteiger partial charge on any atom is 0.254 e. The summed E-state index contributed by atoms with van der Waals surface area (Å²) < 4.78 is 5.58. The standard InChI is InChI=1S/C15H19NO3S/c1-15(6-4-8-19-15)14(18)16(2)10-13-9-12(11-20-13)5-3-7-17/h9,11,17H,4,6-8,10H2,1-2H3. The molecule has 0 spiro atoms. The molecule has 5 heteroatoms. The third-order valence-corrected chi connectivity index (χ3v) is 4.30. The Morgan fingerprint density at radius 1 is 1.65 bits per heavy atom. The van der Waals surface area contributed by atoms with Crippen LogP contribution in [-0.4, -0.2) is 41.8 Å². The van der Waals surface area contributed by atoms with Crippen LogP contribution in [0.4, 0.5) is 0 Å². The fourth-order valence-corrected chi connectivity index (χ4v) is 3.20. The largest absolute Gasteiger partial charge is 0.384 e. The van der Waals surface area contributed by atoms with Crippen LogP contribution in [0.15, 0.2) is 11.4 Å². The second-order valence-corrected chi connectivity index (χ2v) is 6.10. The number of likely N-dealkylation sites (N-methyl/N-ethyl adjacent to an activating group) is 1. The van der Waals surface area contributed by atoms with E-state index in [0.717, 1.165) is 23.3 Å². The van der Waals surface area contributed by atoms with Gasteiger partial charge in [-0.25, -0.2) is 0 Å². The lowest BCUT2D eigenvalue weighted by atomic mass is 10.0. The van der Waals surface area contributed by atoms with Gasteiger partial charge in [0.1, 0.15) is 12.2 Å². The van der Waals surface area contributed by atoms with Crippen molar-refractivity contribution in [3.05, 3.63) is 21.9 Å². The zero-order valence-electron chi connectivity index (χ0n) is 11.8. The molecular weight excluding hydrogens is 274 g/mol. The molecule has 0 saturated carbocycles. The Hall–Kier alpha value is -1.35. The number of amides is 1. The number of ether oxygens (including phenoxy) is 1. The molecule has 20 heavy (non-hydrogen) atoms. The normalized spacial score (nSPS) is 21.4. The van der Waals surface area contributed by atoms with Crippen LogP contribution < -0.4 is 0 Å². The smallest absolute Gasteiger partial charge is 0.254 e. The van der Waals surface area contributed by atoms with Crippen molar-refractivity contribution in [2.75, 3.05) is 20.3 Å². The molecule has 2 heterocycles. The average Bonchev–Trinajstić information content (AvgIpc) is 3.05. The molecule has 1 aromatic rings. The summed E-state index contributed by atoms with van der Waals surface area (Å²) in [7, 11) is 1.80. The SMILES string of the molecule is CN(Cc1cc(C#CCO)cs1)C(=O)C1(C)CCCO1. The highest BCUT2D eigenvalue weighted by Crippen LogP contribution is 2.27. The van der Waals surface area contributed by atoms with Crippen molar-refractivity contribution in [3.8, 4) is 11.8 Å². The molecule has 108 valence electrons. The molecular formula is C15H19NO3S. The number of rotatable bonds is 3. The molecule has 1 aliphatic rings. The van der Waals surface area contributed by atoms with Crippen molar-refractivity contribution >= 4 is 17.2 Å². The minimum atomic E-state index is -0.661. The van der Waals surface area contributed by atoms with E-state index in [9.17, 15) is 4.79 Å². The molecule has 1 aromatic heterocycles. The quantitative estimate of drug-likeness (QED) is 0.862. The van der Waals surface area contributed by atoms with Crippen molar-refractivity contribution in [3.63, 3.8) is 0 Å². The van der Waals surface area contributed by atoms with Gasteiger partial charge in [0.05, 0.1) is 6.54 Å². The first kappa shape index (κ1) is 15.0. The Labute approximate surface area is 123 Å². The first-order valence-corrected chi connectivity index (χ1v) is 7.50. The summed E-state index contributed by atoms with van der Waals surface area (Å²) in [5, 5.41) is 10.6. The zero-order valence-corrected chi connectivity index (χ0v) is 12.6. The van der Waals surface area contributed by atoms with Gasteiger partial charge < -0.3 is 14.7 Å². The third-order valence-electron chi connectivity index (χ3n) is 3.38. The number of nitrogens with zero attached hydrogens (tertiary/aromatic N) is 1. The summed E-state index contributed by atoms with van der Waals surface area (Å²) in [6, 6.07) is 1.95. The number of aliphatic hydroxyl groups excluding tert-OH is 1. The number of carbonyl (C=O) groups is 1. The van der Waals surface area contributed by atoms with E-state index < -0.39 is 5.60 Å². The molecule has 0 aliphatic carbocycles. The van der Waals surface area contributed by atoms with Crippen LogP contribution in [-0.2, 0) is 16.1 Å². The van der Waals surface area contributed by atoms with Gasteiger partial charge in [-0.3, -0.25) is 4.79 Å². The first-order chi connectivity index (χ1) is 9.55. The van der Waals surface area contributed by atoms with E-state index in [1.807, 2.05) is 18.4 Å². The van der Waals surface area contributed by atoms with Gasteiger partial charge in [0, 0.05) is 29.5 Å². The zero-order chi connectivity index (χ0) is 14.6. The monoisotopic (exact) mass is 293 g/mol. The Morgan fingerprint density at radius 2 is 2.45 bits per heavy atom. The van der Waals surface area contributed by atoms with Gasteiger partial charge in [0.25, 0.3) is 5.91 Å². The van der Waals surface area contributed by atoms with Gasteiger partial charge in [0.2, 0.25) is 0 Å². The topological polar surface area (TPSA) is 49.8 Å². The molecule has 4 nitrogen and oxygen atoms in total. The summed E-state index contributed by atoms with van der Waals surface area (Å²) in [6.45, 7) is 2.95. The van der Waals surface area contributed by atoms with Crippen LogP contribution in [0.2, 0.25) is 0 Å². The van der Waals surface area contributed by atoms with Crippen molar-refractivity contribution in [2.24, 2.45) is 0 Å². The molecule has 0 aromatic carbocycles. The highest BCUT2D eigenvalue weighted by molar-refractivity contribution is 7.10. The molecule has 0 radical (unpaired) electrons. The van der Waals surface area contributed by atoms with Crippen LogP contribution in [0.3, 0.4) is 0 Å². The number of hydrogen-bond acceptors (Lipinski definition) is 4. The van der Waals surface area contributed by atoms with Crippen LogP contribution in [0.5, 0.6) is 0 Å². The van der Waals surface area contributed by atoms with Crippen molar-refractivity contribution in [1.82, 2.24) is 4.90 Å². The Balaban J connectivity index is 1.98. The highest BCUT2D eigenvalue weighted by Gasteiger charge is 2.39. The van der Waals surface area contributed by atoms with E-state index >= 15 is 0 Å². The lowest BCUT2D eigenvalue weighted by Crippen LogP contribution is -2.44. The predicted molar refractivity (Wildman–Crippen MR) is 78.3 cm³/mol. The highest BCUT2D eigenvalue weighted by atomic mass is 32.1. The number of carbonyl (C=O) groups excluding carboxylic acids is 1. The fourth-order valence-electron chi connectivity index (χ4n) is 2.33. The fraction of sp³-hybridized carbons (Fsp3) is 0.533. The number of hydrogen-bond donors (Lipinski definition) is 1. The van der Waals surface area contributed by atoms with Gasteiger partial charge in [-0.2, -0.15) is 0 Å². The number of thiophene rings is 1. The van der Waals surface area contributed by atoms with Crippen LogP contribution in [0, 0.1) is 11.8 Å². The van der Waals surface area contributed by atoms with E-state index in [1.54, 1.807) is 23.3 Å². The van der Waals surface area contributed by atoms with E-state index in [1.165, 1.54) is 0 Å². The summed E-state index contributed by atoms with van der Waals surface area (Å²) in [4.78, 5) is 15.2. The summed E-state index contributed by atoms with van der Waals surface area (Å²) >= 11 is 1.57. The van der Waals surface area contributed by atoms with E-state index in [2.05, 4.69) is 11.8 Å². The molecule has 2 rings (SSSR count). The molecule has 0 bridgehead atoms. The molecule has 1 aliphatic heterocycles. The van der Waals surface area contributed by atoms with Crippen molar-refractivity contribution in [1.29, 1.82) is 0 Å². The molecule has 1 saturated heterocycles. The summed E-state index contributed by atoms with van der Waals surface area (Å²) in [5.74, 6) is 5.51. The predicted octanol–water partition coefficient (Wildman–Crippen LogP) is 1.62. The maximum atomic E-state index is 12.4. The Kier molecular flexibility index (Phi) is 4.81. The molecule has 1 atom stereocenters. The van der Waals surface area contributed by atoms with Crippen molar-refractivity contribution < 1.29 is 14.6 Å². The molecule has 1 amide bonds. The minimum absolute atomic E-state index is 0.0337. The van der Waals surface area contributed by atoms with E-state index in [0.29, 0.717) is 13.2 Å². The van der Waals surface area contributed by atoms with Gasteiger partial charge in [0.15, 0.2) is 0 Å². The minimum Gasteiger partial charge on any atom is -0.384 e. The average molecular weight is 293 g/mol. The first-order valence-electron chi connectivity index (χ1n) is 6.62. The molecule has 1 unspecified atom stereocenters. The Bertz CT molecular complexity index is 535. The van der Waals surface area contributed by atoms with Crippen LogP contribution in [0.1, 0.15) is 30.2 Å². The van der Waals surface area contributed by atoms with Gasteiger partial charge in [-0.1, -0.05) is 11.8 Å². The number of aliphatic hydroxyl groups is 1. The molecule has 1 fully saturated rings. The Morgan fingerprint density at radius 3 is 3.10 bits per heavy atom. The summed E-state index contributed by atoms with van der Waals surface area (Å²) in [6.07, 6.45) is 1.73. The van der Waals surface area contributed by atoms with Gasteiger partial charge >= 0.3 is 0 Å². The van der Waals surface area contributed by atoms with Crippen LogP contribution in [0.25, 0.3) is 0 Å². The van der Waals surface area contributed by atoms with E-state index in [4.69, 9.17) is 9.84 Å². The van der Waals surface area contributed by atoms with Gasteiger partial charge in [-0.05, 0) is 25.8 Å². The van der Waals surface area contributed by atoms with Gasteiger partial charge in [-0.15, -0.1) is 11.3 Å². The lowest BCUT2D eigenvalue weighted by Gasteiger charge is -2.27. The van der Waals surface area contributed by atoms with E-state index in [-0.39, 0.29) is 12.5 Å². The summed E-state index contributed by atoms with van der Waals surface area (Å²) in [5.41, 5.74) is 0.217. The second-order valence-electron chi connectivity index (χ2n) is 5.11. The maximum absolute atomic E-state index is 12.4. The lowest BCUT2D eigenvalue weighted by molar-refractivity contribution is -0.150. The molecule has 1 N–H and O–H groups in total. The van der Waals surface area contributed by atoms with Crippen LogP contribution >= 0.6 is 11.3 Å². The third kappa shape index (κ3) is 3.40.